The highest BCUT2D eigenvalue weighted by Gasteiger charge is 2.59. The highest BCUT2D eigenvalue weighted by molar-refractivity contribution is 5.75. The minimum Gasteiger partial charge on any atom is -0.394 e. The molecule has 0 unspecified atom stereocenters. The molecule has 0 saturated carbocycles. The number of carbonyl (C=O) groups is 1. The third-order valence-corrected chi connectivity index (χ3v) is 16.2. The Bertz CT molecular complexity index is 2040. The third kappa shape index (κ3) is 14.7. The zero-order chi connectivity index (χ0) is 61.9. The Hall–Kier alpha value is -1.93. The van der Waals surface area contributed by atoms with Crippen LogP contribution in [0.4, 0.5) is 0 Å². The molecular weight excluding hydrogens is 1160 g/mol. The van der Waals surface area contributed by atoms with Gasteiger partial charge in [0.05, 0.1) is 39.6 Å². The lowest BCUT2D eigenvalue weighted by Crippen LogP contribution is -2.68. The van der Waals surface area contributed by atoms with Crippen LogP contribution in [-0.4, -0.2) is 376 Å². The summed E-state index contributed by atoms with van der Waals surface area (Å²) in [6.07, 6.45) is -69.1. The van der Waals surface area contributed by atoms with Crippen molar-refractivity contribution in [2.24, 2.45) is 5.73 Å². The van der Waals surface area contributed by atoms with Gasteiger partial charge in [0, 0.05) is 13.0 Å². The highest BCUT2D eigenvalue weighted by Crippen LogP contribution is 2.39. The molecule has 23 N–H and O–H groups in total. The first-order chi connectivity index (χ1) is 40.5. The van der Waals surface area contributed by atoms with E-state index in [-0.39, 0.29) is 6.42 Å². The van der Waals surface area contributed by atoms with Gasteiger partial charge in [-0.05, 0) is 19.4 Å². The Balaban J connectivity index is 1.09. The predicted molar refractivity (Wildman–Crippen MR) is 262 cm³/mol. The number of unbranched alkanes of at least 4 members (excludes halogenated alkanes) is 2. The van der Waals surface area contributed by atoms with Crippen LogP contribution >= 0.6 is 0 Å². The lowest BCUT2D eigenvalue weighted by molar-refractivity contribution is -0.396. The van der Waals surface area contributed by atoms with Crippen molar-refractivity contribution < 1.29 is 173 Å². The number of hydrogen-bond acceptors (Lipinski definition) is 36. The maximum absolute atomic E-state index is 13.0. The van der Waals surface area contributed by atoms with Crippen LogP contribution in [0.1, 0.15) is 25.7 Å². The summed E-state index contributed by atoms with van der Waals surface area (Å²) in [5.41, 5.74) is 5.57. The summed E-state index contributed by atoms with van der Waals surface area (Å²) in [7, 11) is 0. The van der Waals surface area contributed by atoms with E-state index in [1.54, 1.807) is 0 Å². The standard InChI is InChI=1S/C48H82N2O35/c49-5-3-1-2-4-20(57)50-6-13-35-21(58)28(65)42(72-13)80-36-14(7-51)74-44(30(67)23(36)60)82-38-16(9-53)76-46(32(69)25(38)62)84-40-18(11-55)78-48(34(71)27(40)64)85-41-19(12-56)77-47(33(70)26(41)63)83-39-17(10-54)75-45(31(68)24(39)61)81-37-15(8-52)73-43(79-35)29(66)22(37)59/h13-19,21-48,51-56,58-71H,1-12,49H2,(H,50,57)/t13-,14-,15-,16-,17-,18-,19-,21-,22-,23-,24-,25-,26-,27-,28-,29-,30-,31-,32-,33-,34-,35-,36-,37-,38-,39-,40-,41-,42-,43-,44-,45-,46-,47-,48-/m1/s1. The molecule has 21 fully saturated rings. The number of amides is 1. The van der Waals surface area contributed by atoms with E-state index >= 15 is 0 Å². The second-order valence-corrected chi connectivity index (χ2v) is 21.9. The van der Waals surface area contributed by atoms with E-state index in [1.165, 1.54) is 0 Å². The van der Waals surface area contributed by atoms with Gasteiger partial charge in [0.1, 0.15) is 171 Å². The predicted octanol–water partition coefficient (Wildman–Crippen LogP) is -14.6. The number of rotatable bonds is 13. The fourth-order valence-corrected chi connectivity index (χ4v) is 11.3. The summed E-state index contributed by atoms with van der Waals surface area (Å²) in [4.78, 5) is 13.0. The molecule has 37 heteroatoms. The minimum atomic E-state index is -2.23. The summed E-state index contributed by atoms with van der Waals surface area (Å²) in [5.74, 6) is -0.549. The molecule has 0 aromatic rings. The van der Waals surface area contributed by atoms with Gasteiger partial charge >= 0.3 is 0 Å². The largest absolute Gasteiger partial charge is 0.394 e. The van der Waals surface area contributed by atoms with E-state index in [0.29, 0.717) is 25.8 Å². The molecule has 85 heavy (non-hydrogen) atoms. The molecule has 0 radical (unpaired) electrons. The van der Waals surface area contributed by atoms with Gasteiger partial charge in [-0.1, -0.05) is 6.42 Å². The van der Waals surface area contributed by atoms with Crippen molar-refractivity contribution in [1.29, 1.82) is 0 Å². The van der Waals surface area contributed by atoms with Crippen LogP contribution in [0.3, 0.4) is 0 Å². The molecule has 21 heterocycles. The maximum Gasteiger partial charge on any atom is 0.220 e. The van der Waals surface area contributed by atoms with Crippen molar-refractivity contribution in [1.82, 2.24) is 5.32 Å². The average Bonchev–Trinajstić information content (AvgIpc) is 2.34. The van der Waals surface area contributed by atoms with Crippen LogP contribution in [-0.2, 0) is 71.1 Å². The summed E-state index contributed by atoms with van der Waals surface area (Å²) < 4.78 is 80.9. The number of aliphatic hydroxyl groups excluding tert-OH is 20. The maximum atomic E-state index is 13.0. The van der Waals surface area contributed by atoms with Crippen molar-refractivity contribution in [3.63, 3.8) is 0 Å². The smallest absolute Gasteiger partial charge is 0.220 e. The third-order valence-electron chi connectivity index (χ3n) is 16.2. The number of carbonyl (C=O) groups excluding carboxylic acids is 1. The first kappa shape index (κ1) is 69.0. The van der Waals surface area contributed by atoms with Gasteiger partial charge in [-0.15, -0.1) is 0 Å². The molecule has 14 bridgehead atoms. The molecule has 21 saturated heterocycles. The van der Waals surface area contributed by atoms with Crippen molar-refractivity contribution >= 4 is 5.91 Å². The monoisotopic (exact) mass is 1250 g/mol. The van der Waals surface area contributed by atoms with Crippen LogP contribution in [0, 0.1) is 0 Å². The Morgan fingerprint density at radius 1 is 0.282 bits per heavy atom. The first-order valence-electron chi connectivity index (χ1n) is 27.9. The molecule has 21 aliphatic heterocycles. The Labute approximate surface area is 482 Å². The number of nitrogens with one attached hydrogen (secondary N) is 1. The van der Waals surface area contributed by atoms with E-state index in [9.17, 15) is 107 Å². The zero-order valence-corrected chi connectivity index (χ0v) is 45.3. The summed E-state index contributed by atoms with van der Waals surface area (Å²) in [6.45, 7) is -6.54. The molecule has 494 valence electrons. The van der Waals surface area contributed by atoms with Crippen molar-refractivity contribution in [2.75, 3.05) is 52.7 Å². The van der Waals surface area contributed by atoms with Gasteiger partial charge in [0.2, 0.25) is 5.91 Å². The van der Waals surface area contributed by atoms with Gasteiger partial charge in [0.15, 0.2) is 44.0 Å². The summed E-state index contributed by atoms with van der Waals surface area (Å²) in [6, 6.07) is 0. The normalized spacial score (nSPS) is 51.2. The van der Waals surface area contributed by atoms with Crippen LogP contribution in [0.2, 0.25) is 0 Å². The average molecular weight is 1250 g/mol. The second-order valence-electron chi connectivity index (χ2n) is 21.9. The van der Waals surface area contributed by atoms with Crippen LogP contribution in [0.5, 0.6) is 0 Å². The Morgan fingerprint density at radius 2 is 0.482 bits per heavy atom. The quantitative estimate of drug-likeness (QED) is 0.0762. The minimum absolute atomic E-state index is 0.0239. The molecule has 0 aromatic carbocycles. The van der Waals surface area contributed by atoms with Gasteiger partial charge in [-0.2, -0.15) is 0 Å². The van der Waals surface area contributed by atoms with Crippen molar-refractivity contribution in [2.45, 2.75) is 241 Å². The summed E-state index contributed by atoms with van der Waals surface area (Å²) >= 11 is 0. The number of aliphatic hydroxyl groups is 20. The lowest BCUT2D eigenvalue weighted by atomic mass is 9.95. The van der Waals surface area contributed by atoms with Gasteiger partial charge < -0.3 is 179 Å². The number of nitrogens with two attached hydrogens (primary N) is 1. The molecule has 0 aliphatic carbocycles. The number of hydrogen-bond donors (Lipinski definition) is 22. The fraction of sp³-hybridized carbons (Fsp3) is 0.979. The first-order valence-corrected chi connectivity index (χ1v) is 27.9. The van der Waals surface area contributed by atoms with Crippen molar-refractivity contribution in [3.8, 4) is 0 Å². The molecule has 21 rings (SSSR count). The van der Waals surface area contributed by atoms with Crippen LogP contribution < -0.4 is 11.1 Å². The topological polar surface area (TPSA) is 589 Å². The molecule has 35 atom stereocenters. The molecule has 21 aliphatic rings. The Morgan fingerprint density at radius 3 is 0.682 bits per heavy atom. The van der Waals surface area contributed by atoms with Crippen LogP contribution in [0.15, 0.2) is 0 Å². The fourth-order valence-electron chi connectivity index (χ4n) is 11.3. The van der Waals surface area contributed by atoms with E-state index < -0.39 is 267 Å². The lowest BCUT2D eigenvalue weighted by Gasteiger charge is -2.50. The molecule has 1 amide bonds. The second kappa shape index (κ2) is 30.5. The van der Waals surface area contributed by atoms with E-state index in [1.807, 2.05) is 0 Å². The van der Waals surface area contributed by atoms with Gasteiger partial charge in [-0.3, -0.25) is 4.79 Å². The van der Waals surface area contributed by atoms with Gasteiger partial charge in [-0.25, -0.2) is 0 Å². The molecule has 0 aromatic heterocycles. The molecule has 0 spiro atoms. The number of ether oxygens (including phenoxy) is 14. The van der Waals surface area contributed by atoms with Crippen LogP contribution in [0.25, 0.3) is 0 Å². The Kier molecular flexibility index (Phi) is 24.7. The zero-order valence-electron chi connectivity index (χ0n) is 45.3. The SMILES string of the molecule is NCCCCCC(=O)NC[C@H]1O[C@@H]2O[C@H]3[C@H](O)[C@@H](O)[C@@H](O[C@H]4[C@H](O)[C@@H](O)[C@@H](O[C@H]5[C@H](O)[C@@H](O)[C@@H](O[C@H]6[C@H](O)[C@@H](O)[C@@H](O[C@H]7[C@H](O)[C@@H](O)[C@@H](O[C@H]8[C@H](O)[C@@H](O)[C@@H](O[C@H]1[C@H](O)[C@H]2O)O[C@@H]8CO)O[C@@H]7CO)O[C@@H]6CO)O[C@@H]5CO)O[C@@H]4CO)O[C@@H]3CO. The van der Waals surface area contributed by atoms with E-state index in [0.717, 1.165) is 0 Å². The molecular formula is C48H82N2O35. The van der Waals surface area contributed by atoms with Crippen molar-refractivity contribution in [3.05, 3.63) is 0 Å². The van der Waals surface area contributed by atoms with Gasteiger partial charge in [0.25, 0.3) is 0 Å². The molecule has 37 nitrogen and oxygen atoms in total. The summed E-state index contributed by atoms with van der Waals surface area (Å²) in [5, 5.41) is 226. The highest BCUT2D eigenvalue weighted by atomic mass is 16.8. The van der Waals surface area contributed by atoms with E-state index in [2.05, 4.69) is 5.32 Å². The van der Waals surface area contributed by atoms with E-state index in [4.69, 9.17) is 72.0 Å².